The maximum absolute atomic E-state index is 12.8. The maximum atomic E-state index is 12.8. The maximum Gasteiger partial charge on any atom is 0.349 e. The van der Waals surface area contributed by atoms with Gasteiger partial charge in [-0.1, -0.05) is 31.2 Å². The van der Waals surface area contributed by atoms with E-state index in [-0.39, 0.29) is 11.5 Å². The summed E-state index contributed by atoms with van der Waals surface area (Å²) in [5, 5.41) is 9.52. The molecule has 1 aromatic carbocycles. The Morgan fingerprint density at radius 1 is 1.26 bits per heavy atom. The van der Waals surface area contributed by atoms with E-state index >= 15 is 0 Å². The van der Waals surface area contributed by atoms with E-state index in [0.29, 0.717) is 13.1 Å². The largest absolute Gasteiger partial charge is 0.448 e. The molecule has 1 aliphatic rings. The van der Waals surface area contributed by atoms with E-state index in [1.54, 1.807) is 17.9 Å². The van der Waals surface area contributed by atoms with Crippen LogP contribution in [0.2, 0.25) is 0 Å². The summed E-state index contributed by atoms with van der Waals surface area (Å²) in [7, 11) is 0. The minimum absolute atomic E-state index is 0.111. The number of ether oxygens (including phenoxy) is 1. The summed E-state index contributed by atoms with van der Waals surface area (Å²) in [5.74, 6) is -1.03. The predicted molar refractivity (Wildman–Crippen MR) is 119 cm³/mol. The molecule has 3 rings (SSSR count). The second-order valence-electron chi connectivity index (χ2n) is 7.97. The summed E-state index contributed by atoms with van der Waals surface area (Å²) in [6, 6.07) is 11.9. The predicted octanol–water partition coefficient (Wildman–Crippen LogP) is 3.94. The second-order valence-corrected chi connectivity index (χ2v) is 7.97. The average Bonchev–Trinajstić information content (AvgIpc) is 3.04. The molecule has 31 heavy (non-hydrogen) atoms. The number of aryl methyl sites for hydroxylation is 1. The van der Waals surface area contributed by atoms with Crippen LogP contribution in [0.25, 0.3) is 6.08 Å². The number of fused-ring (bicyclic) bond motifs is 1. The van der Waals surface area contributed by atoms with Crippen LogP contribution in [0, 0.1) is 25.2 Å². The molecule has 1 amide bonds. The van der Waals surface area contributed by atoms with E-state index < -0.39 is 12.1 Å². The molecule has 0 fully saturated rings. The van der Waals surface area contributed by atoms with E-state index in [4.69, 9.17) is 4.74 Å². The van der Waals surface area contributed by atoms with E-state index in [0.717, 1.165) is 41.9 Å². The van der Waals surface area contributed by atoms with Gasteiger partial charge in [-0.25, -0.2) is 4.79 Å². The molecular formula is C25H29N3O3. The highest BCUT2D eigenvalue weighted by Crippen LogP contribution is 2.21. The number of hydrogen-bond donors (Lipinski definition) is 0. The highest BCUT2D eigenvalue weighted by Gasteiger charge is 2.28. The van der Waals surface area contributed by atoms with E-state index in [9.17, 15) is 14.9 Å². The first-order valence-electron chi connectivity index (χ1n) is 10.7. The number of aromatic nitrogens is 1. The third-order valence-corrected chi connectivity index (χ3v) is 5.77. The highest BCUT2D eigenvalue weighted by atomic mass is 16.5. The zero-order chi connectivity index (χ0) is 22.5. The van der Waals surface area contributed by atoms with Crippen molar-refractivity contribution in [2.75, 3.05) is 6.54 Å². The van der Waals surface area contributed by atoms with E-state index in [2.05, 4.69) is 17.6 Å². The van der Waals surface area contributed by atoms with Gasteiger partial charge in [0.05, 0.1) is 0 Å². The molecule has 0 saturated carbocycles. The zero-order valence-corrected chi connectivity index (χ0v) is 18.6. The van der Waals surface area contributed by atoms with Crippen molar-refractivity contribution in [3.63, 3.8) is 0 Å². The monoisotopic (exact) mass is 419 g/mol. The minimum Gasteiger partial charge on any atom is -0.448 e. The SMILES string of the molecule is CCCn1c(C)cc(/C=C(\C#N)C(=O)O[C@H](C)C(=O)N2CCc3ccccc3C2)c1C. The van der Waals surface area contributed by atoms with Crippen LogP contribution < -0.4 is 0 Å². The summed E-state index contributed by atoms with van der Waals surface area (Å²) < 4.78 is 7.53. The Morgan fingerprint density at radius 3 is 2.65 bits per heavy atom. The zero-order valence-electron chi connectivity index (χ0n) is 18.6. The number of rotatable bonds is 6. The molecule has 0 unspecified atom stereocenters. The summed E-state index contributed by atoms with van der Waals surface area (Å²) in [5.41, 5.74) is 5.12. The molecule has 6 heteroatoms. The Kier molecular flexibility index (Phi) is 6.96. The Balaban J connectivity index is 1.69. The smallest absolute Gasteiger partial charge is 0.349 e. The van der Waals surface area contributed by atoms with Crippen molar-refractivity contribution in [3.8, 4) is 6.07 Å². The lowest BCUT2D eigenvalue weighted by Crippen LogP contribution is -2.42. The van der Waals surface area contributed by atoms with Crippen molar-refractivity contribution in [2.45, 2.75) is 59.7 Å². The second kappa shape index (κ2) is 9.65. The molecule has 2 heterocycles. The van der Waals surface area contributed by atoms with Crippen molar-refractivity contribution in [1.82, 2.24) is 9.47 Å². The van der Waals surface area contributed by atoms with Crippen LogP contribution in [-0.4, -0.2) is 34.0 Å². The number of carbonyl (C=O) groups excluding carboxylic acids is 2. The first kappa shape index (κ1) is 22.4. The Hall–Kier alpha value is -3.33. The van der Waals surface area contributed by atoms with Crippen molar-refractivity contribution < 1.29 is 14.3 Å². The fraction of sp³-hybridized carbons (Fsp3) is 0.400. The molecule has 0 N–H and O–H groups in total. The summed E-state index contributed by atoms with van der Waals surface area (Å²) in [6.07, 6.45) is 2.36. The third kappa shape index (κ3) is 4.88. The standard InChI is InChI=1S/C25H29N3O3/c1-5-11-28-17(2)13-22(18(28)3)14-23(15-26)25(30)31-19(4)24(29)27-12-10-20-8-6-7-9-21(20)16-27/h6-9,13-14,19H,5,10-12,16H2,1-4H3/b23-14+/t19-/m1/s1. The number of hydrogen-bond acceptors (Lipinski definition) is 4. The molecule has 0 radical (unpaired) electrons. The van der Waals surface area contributed by atoms with Crippen LogP contribution in [0.3, 0.4) is 0 Å². The fourth-order valence-electron chi connectivity index (χ4n) is 4.05. The first-order valence-corrected chi connectivity index (χ1v) is 10.7. The van der Waals surface area contributed by atoms with Crippen molar-refractivity contribution in [1.29, 1.82) is 5.26 Å². The number of esters is 1. The number of amides is 1. The van der Waals surface area contributed by atoms with Crippen LogP contribution in [0.4, 0.5) is 0 Å². The van der Waals surface area contributed by atoms with Gasteiger partial charge in [0.2, 0.25) is 0 Å². The molecule has 0 saturated heterocycles. The summed E-state index contributed by atoms with van der Waals surface area (Å²) >= 11 is 0. The van der Waals surface area contributed by atoms with E-state index in [1.165, 1.54) is 5.56 Å². The van der Waals surface area contributed by atoms with Gasteiger partial charge in [0.25, 0.3) is 5.91 Å². The van der Waals surface area contributed by atoms with Crippen molar-refractivity contribution in [3.05, 3.63) is 64.0 Å². The molecule has 1 atom stereocenters. The number of nitrogens with zero attached hydrogens (tertiary/aromatic N) is 3. The fourth-order valence-corrected chi connectivity index (χ4v) is 4.05. The highest BCUT2D eigenvalue weighted by molar-refractivity contribution is 5.99. The molecule has 162 valence electrons. The molecule has 0 bridgehead atoms. The molecule has 6 nitrogen and oxygen atoms in total. The van der Waals surface area contributed by atoms with Gasteiger partial charge in [-0.15, -0.1) is 0 Å². The summed E-state index contributed by atoms with van der Waals surface area (Å²) in [4.78, 5) is 27.1. The van der Waals surface area contributed by atoms with Crippen LogP contribution in [0.15, 0.2) is 35.9 Å². The first-order chi connectivity index (χ1) is 14.8. The molecule has 0 aliphatic carbocycles. The van der Waals surface area contributed by atoms with Gasteiger partial charge >= 0.3 is 5.97 Å². The van der Waals surface area contributed by atoms with Crippen LogP contribution >= 0.6 is 0 Å². The van der Waals surface area contributed by atoms with Crippen LogP contribution in [0.1, 0.15) is 48.3 Å². The van der Waals surface area contributed by atoms with Gasteiger partial charge in [-0.3, -0.25) is 4.79 Å². The Morgan fingerprint density at radius 2 is 1.97 bits per heavy atom. The van der Waals surface area contributed by atoms with Gasteiger partial charge in [-0.2, -0.15) is 5.26 Å². The van der Waals surface area contributed by atoms with Crippen molar-refractivity contribution in [2.24, 2.45) is 0 Å². The van der Waals surface area contributed by atoms with Crippen LogP contribution in [-0.2, 0) is 33.8 Å². The molecule has 2 aromatic rings. The lowest BCUT2D eigenvalue weighted by Gasteiger charge is -2.30. The van der Waals surface area contributed by atoms with Gasteiger partial charge in [0.15, 0.2) is 6.10 Å². The molecule has 0 spiro atoms. The van der Waals surface area contributed by atoms with Gasteiger partial charge in [0.1, 0.15) is 11.6 Å². The Bertz CT molecular complexity index is 1060. The lowest BCUT2D eigenvalue weighted by molar-refractivity contribution is -0.156. The molecule has 1 aliphatic heterocycles. The van der Waals surface area contributed by atoms with Gasteiger partial charge in [0, 0.05) is 31.0 Å². The Labute approximate surface area is 183 Å². The number of carbonyl (C=O) groups is 2. The van der Waals surface area contributed by atoms with E-state index in [1.807, 2.05) is 44.2 Å². The van der Waals surface area contributed by atoms with Gasteiger partial charge < -0.3 is 14.2 Å². The third-order valence-electron chi connectivity index (χ3n) is 5.77. The molecule has 1 aromatic heterocycles. The van der Waals surface area contributed by atoms with Gasteiger partial charge in [-0.05, 0) is 62.4 Å². The number of nitriles is 1. The molecular weight excluding hydrogens is 390 g/mol. The number of benzene rings is 1. The minimum atomic E-state index is -0.956. The summed E-state index contributed by atoms with van der Waals surface area (Å²) in [6.45, 7) is 9.59. The van der Waals surface area contributed by atoms with Crippen molar-refractivity contribution >= 4 is 18.0 Å². The topological polar surface area (TPSA) is 75.3 Å². The quantitative estimate of drug-likeness (QED) is 0.404. The average molecular weight is 420 g/mol. The van der Waals surface area contributed by atoms with Crippen LogP contribution in [0.5, 0.6) is 0 Å². The normalized spacial score (nSPS) is 14.5. The lowest BCUT2D eigenvalue weighted by atomic mass is 9.99.